The van der Waals surface area contributed by atoms with E-state index in [1.807, 2.05) is 24.3 Å². The molecule has 5 N–H and O–H groups in total. The standard InChI is InChI=1S/C32H36N4O8/c1-35(2)14-22(38)34-13-15-5-7-16(8-6-15)18-9-10-21(37)24-19(18)11-17-12-20-26(36(3)4)28(40)25(31(33)43)30(42)32(20,44)29(41)23(17)27(24)39/h5-10,17,20,23,25-26,37,44H,11-14H2,1-4H3,(H2,33,43)(H,34,38)/t17-,20-,23?,25?,26-,32-/m0/s1. The van der Waals surface area contributed by atoms with E-state index < -0.39 is 64.4 Å². The average Bonchev–Trinajstić information content (AvgIpc) is 2.93. The summed E-state index contributed by atoms with van der Waals surface area (Å²) in [7, 11) is 6.69. The average molecular weight is 605 g/mol. The summed E-state index contributed by atoms with van der Waals surface area (Å²) in [5.74, 6) is -10.9. The summed E-state index contributed by atoms with van der Waals surface area (Å²) in [5.41, 5.74) is 5.33. The first-order valence-corrected chi connectivity index (χ1v) is 14.4. The lowest BCUT2D eigenvalue weighted by atomic mass is 9.52. The Kier molecular flexibility index (Phi) is 8.04. The molecule has 2 aromatic rings. The summed E-state index contributed by atoms with van der Waals surface area (Å²) in [5, 5.41) is 25.4. The van der Waals surface area contributed by atoms with Crippen molar-refractivity contribution in [2.24, 2.45) is 29.4 Å². The van der Waals surface area contributed by atoms with Crippen molar-refractivity contribution in [3.63, 3.8) is 0 Å². The number of aliphatic hydroxyl groups is 1. The minimum Gasteiger partial charge on any atom is -0.507 e. The van der Waals surface area contributed by atoms with Gasteiger partial charge in [0.2, 0.25) is 11.8 Å². The molecule has 12 heteroatoms. The van der Waals surface area contributed by atoms with Gasteiger partial charge in [-0.15, -0.1) is 0 Å². The zero-order chi connectivity index (χ0) is 32.2. The molecule has 2 aromatic carbocycles. The van der Waals surface area contributed by atoms with Crippen molar-refractivity contribution < 1.29 is 39.0 Å². The number of phenolic OH excluding ortho intramolecular Hbond substituents is 1. The van der Waals surface area contributed by atoms with Gasteiger partial charge in [0, 0.05) is 12.5 Å². The van der Waals surface area contributed by atoms with Gasteiger partial charge in [-0.1, -0.05) is 30.3 Å². The number of rotatable bonds is 7. The highest BCUT2D eigenvalue weighted by Gasteiger charge is 2.69. The molecule has 5 rings (SSSR count). The summed E-state index contributed by atoms with van der Waals surface area (Å²) < 4.78 is 0. The van der Waals surface area contributed by atoms with Crippen LogP contribution in [0.2, 0.25) is 0 Å². The van der Waals surface area contributed by atoms with E-state index in [4.69, 9.17) is 5.73 Å². The molecule has 12 nitrogen and oxygen atoms in total. The summed E-state index contributed by atoms with van der Waals surface area (Å²) >= 11 is 0. The predicted octanol–water partition coefficient (Wildman–Crippen LogP) is -0.288. The van der Waals surface area contributed by atoms with Crippen molar-refractivity contribution in [2.45, 2.75) is 31.0 Å². The van der Waals surface area contributed by atoms with Gasteiger partial charge < -0.3 is 26.2 Å². The third-order valence-electron chi connectivity index (χ3n) is 9.16. The number of nitrogens with one attached hydrogen (secondary N) is 1. The Bertz CT molecular complexity index is 1580. The highest BCUT2D eigenvalue weighted by molar-refractivity contribution is 6.32. The van der Waals surface area contributed by atoms with Crippen LogP contribution < -0.4 is 11.1 Å². The van der Waals surface area contributed by atoms with E-state index in [1.54, 1.807) is 39.2 Å². The lowest BCUT2D eigenvalue weighted by Crippen LogP contribution is -2.74. The molecule has 0 spiro atoms. The van der Waals surface area contributed by atoms with Crippen LogP contribution in [-0.2, 0) is 36.9 Å². The smallest absolute Gasteiger partial charge is 0.235 e. The number of primary amides is 1. The van der Waals surface area contributed by atoms with E-state index in [1.165, 1.54) is 11.0 Å². The highest BCUT2D eigenvalue weighted by Crippen LogP contribution is 2.51. The van der Waals surface area contributed by atoms with Crippen molar-refractivity contribution >= 4 is 34.9 Å². The fraction of sp³-hybridized carbons (Fsp3) is 0.438. The first kappa shape index (κ1) is 31.2. The number of Topliss-reactive ketones (excluding diaryl/α,β-unsaturated/α-hetero) is 4. The molecule has 0 heterocycles. The van der Waals surface area contributed by atoms with Crippen LogP contribution >= 0.6 is 0 Å². The van der Waals surface area contributed by atoms with Gasteiger partial charge in [-0.2, -0.15) is 0 Å². The fourth-order valence-corrected chi connectivity index (χ4v) is 7.22. The molecular formula is C32H36N4O8. The minimum absolute atomic E-state index is 0.0232. The van der Waals surface area contributed by atoms with Gasteiger partial charge in [-0.3, -0.25) is 33.7 Å². The number of phenols is 1. The van der Waals surface area contributed by atoms with Crippen molar-refractivity contribution in [2.75, 3.05) is 34.7 Å². The van der Waals surface area contributed by atoms with Crippen LogP contribution in [0.1, 0.15) is 27.9 Å². The van der Waals surface area contributed by atoms with Gasteiger partial charge in [-0.25, -0.2) is 0 Å². The van der Waals surface area contributed by atoms with Crippen LogP contribution in [0.25, 0.3) is 11.1 Å². The third-order valence-corrected chi connectivity index (χ3v) is 9.16. The Morgan fingerprint density at radius 3 is 2.25 bits per heavy atom. The molecule has 2 saturated carbocycles. The normalized spacial score (nSPS) is 28.0. The number of hydrogen-bond acceptors (Lipinski definition) is 10. The van der Waals surface area contributed by atoms with Crippen molar-refractivity contribution in [3.05, 3.63) is 53.1 Å². The molecule has 2 amide bonds. The molecule has 6 atom stereocenters. The van der Waals surface area contributed by atoms with Crippen molar-refractivity contribution in [3.8, 4) is 16.9 Å². The number of nitrogens with two attached hydrogens (primary N) is 1. The molecule has 2 fully saturated rings. The molecule has 0 radical (unpaired) electrons. The van der Waals surface area contributed by atoms with Gasteiger partial charge in [-0.05, 0) is 75.3 Å². The summed E-state index contributed by atoms with van der Waals surface area (Å²) in [6, 6.07) is 9.26. The van der Waals surface area contributed by atoms with E-state index in [9.17, 15) is 39.0 Å². The zero-order valence-electron chi connectivity index (χ0n) is 25.0. The van der Waals surface area contributed by atoms with Crippen molar-refractivity contribution in [1.29, 1.82) is 0 Å². The Balaban J connectivity index is 1.51. The van der Waals surface area contributed by atoms with Gasteiger partial charge in [0.25, 0.3) is 0 Å². The second-order valence-corrected chi connectivity index (χ2v) is 12.5. The molecule has 2 unspecified atom stereocenters. The highest BCUT2D eigenvalue weighted by atomic mass is 16.3. The maximum absolute atomic E-state index is 14.0. The fourth-order valence-electron chi connectivity index (χ4n) is 7.22. The molecule has 0 aliphatic heterocycles. The maximum Gasteiger partial charge on any atom is 0.235 e. The number of nitrogens with zero attached hydrogens (tertiary/aromatic N) is 2. The van der Waals surface area contributed by atoms with Crippen LogP contribution in [0, 0.1) is 23.7 Å². The number of amides is 2. The number of carbonyl (C=O) groups is 6. The molecular weight excluding hydrogens is 568 g/mol. The van der Waals surface area contributed by atoms with Gasteiger partial charge in [0.1, 0.15) is 5.75 Å². The number of hydrogen-bond donors (Lipinski definition) is 4. The number of aromatic hydroxyl groups is 1. The van der Waals surface area contributed by atoms with Crippen molar-refractivity contribution in [1.82, 2.24) is 15.1 Å². The summed E-state index contributed by atoms with van der Waals surface area (Å²) in [6.07, 6.45) is 0.141. The SMILES string of the molecule is CN(C)CC(=O)NCc1ccc(-c2ccc(O)c3c2C[C@H]2C[C@H]4[C@H](N(C)C)C(=O)C(C(N)=O)C(=O)[C@@]4(O)C(=O)C2C3=O)cc1. The molecule has 232 valence electrons. The number of likely N-dealkylation sites (N-methyl/N-ethyl adjacent to an activating group) is 2. The first-order chi connectivity index (χ1) is 20.7. The Morgan fingerprint density at radius 1 is 1.00 bits per heavy atom. The molecule has 0 aromatic heterocycles. The predicted molar refractivity (Wildman–Crippen MR) is 157 cm³/mol. The quantitative estimate of drug-likeness (QED) is 0.306. The number of carbonyl (C=O) groups excluding carboxylic acids is 6. The maximum atomic E-state index is 14.0. The topological polar surface area (TPSA) is 187 Å². The Hall–Kier alpha value is -4.26. The van der Waals surface area contributed by atoms with Gasteiger partial charge in [0.05, 0.1) is 24.1 Å². The minimum atomic E-state index is -2.76. The van der Waals surface area contributed by atoms with E-state index in [-0.39, 0.29) is 36.6 Å². The summed E-state index contributed by atoms with van der Waals surface area (Å²) in [4.78, 5) is 82.0. The first-order valence-electron chi connectivity index (χ1n) is 14.4. The Labute approximate surface area is 254 Å². The second kappa shape index (κ2) is 11.3. The van der Waals surface area contributed by atoms with Crippen LogP contribution in [0.3, 0.4) is 0 Å². The number of fused-ring (bicyclic) bond motifs is 3. The molecule has 3 aliphatic carbocycles. The van der Waals surface area contributed by atoms with E-state index >= 15 is 0 Å². The van der Waals surface area contributed by atoms with E-state index in [0.29, 0.717) is 17.7 Å². The van der Waals surface area contributed by atoms with Gasteiger partial charge >= 0.3 is 0 Å². The largest absolute Gasteiger partial charge is 0.507 e. The lowest BCUT2D eigenvalue weighted by Gasteiger charge is -2.52. The van der Waals surface area contributed by atoms with Crippen LogP contribution in [-0.4, -0.2) is 101 Å². The molecule has 44 heavy (non-hydrogen) atoms. The van der Waals surface area contributed by atoms with Gasteiger partial charge in [0.15, 0.2) is 34.7 Å². The van der Waals surface area contributed by atoms with Crippen LogP contribution in [0.15, 0.2) is 36.4 Å². The van der Waals surface area contributed by atoms with Crippen LogP contribution in [0.4, 0.5) is 0 Å². The lowest BCUT2D eigenvalue weighted by molar-refractivity contribution is -0.181. The molecule has 3 aliphatic rings. The van der Waals surface area contributed by atoms with E-state index in [0.717, 1.165) is 11.1 Å². The Morgan fingerprint density at radius 2 is 1.66 bits per heavy atom. The molecule has 0 saturated heterocycles. The molecule has 0 bridgehead atoms. The zero-order valence-corrected chi connectivity index (χ0v) is 25.0. The third kappa shape index (κ3) is 4.92. The number of ketones is 4. The monoisotopic (exact) mass is 604 g/mol. The van der Waals surface area contributed by atoms with E-state index in [2.05, 4.69) is 5.32 Å². The second-order valence-electron chi connectivity index (χ2n) is 12.5. The summed E-state index contributed by atoms with van der Waals surface area (Å²) in [6.45, 7) is 0.592. The number of benzene rings is 2. The van der Waals surface area contributed by atoms with Crippen LogP contribution in [0.5, 0.6) is 5.75 Å².